The highest BCUT2D eigenvalue weighted by Crippen LogP contribution is 2.19. The van der Waals surface area contributed by atoms with Crippen LogP contribution in [-0.2, 0) is 9.24 Å². The van der Waals surface area contributed by atoms with Gasteiger partial charge in [-0.2, -0.15) is 12.7 Å². The molecule has 12 heavy (non-hydrogen) atoms. The molecule has 1 aliphatic rings. The van der Waals surface area contributed by atoms with Gasteiger partial charge >= 0.3 is 0 Å². The highest BCUT2D eigenvalue weighted by atomic mass is 35.7. The summed E-state index contributed by atoms with van der Waals surface area (Å²) in [5.74, 6) is 0.458. The van der Waals surface area contributed by atoms with E-state index in [2.05, 4.69) is 0 Å². The van der Waals surface area contributed by atoms with Crippen molar-refractivity contribution in [2.24, 2.45) is 11.7 Å². The second-order valence-corrected chi connectivity index (χ2v) is 5.53. The number of rotatable bonds is 2. The number of hydrogen-bond donors (Lipinski definition) is 1. The molecule has 4 nitrogen and oxygen atoms in total. The van der Waals surface area contributed by atoms with Crippen molar-refractivity contribution in [3.05, 3.63) is 0 Å². The van der Waals surface area contributed by atoms with E-state index in [9.17, 15) is 8.42 Å². The molecule has 1 saturated heterocycles. The van der Waals surface area contributed by atoms with Gasteiger partial charge in [-0.15, -0.1) is 0 Å². The maximum atomic E-state index is 10.8. The Bertz CT molecular complexity index is 234. The van der Waals surface area contributed by atoms with Gasteiger partial charge in [0, 0.05) is 23.8 Å². The minimum absolute atomic E-state index is 0.458. The summed E-state index contributed by atoms with van der Waals surface area (Å²) in [6.45, 7) is 1.65. The summed E-state index contributed by atoms with van der Waals surface area (Å²) in [4.78, 5) is 0. The summed E-state index contributed by atoms with van der Waals surface area (Å²) in [5.41, 5.74) is 5.46. The molecule has 0 aliphatic carbocycles. The fraction of sp³-hybridized carbons (Fsp3) is 1.00. The van der Waals surface area contributed by atoms with Gasteiger partial charge in [-0.1, -0.05) is 0 Å². The van der Waals surface area contributed by atoms with Gasteiger partial charge < -0.3 is 5.73 Å². The van der Waals surface area contributed by atoms with Crippen molar-refractivity contribution < 1.29 is 8.42 Å². The van der Waals surface area contributed by atoms with Crippen LogP contribution >= 0.6 is 10.7 Å². The zero-order chi connectivity index (χ0) is 9.19. The Labute approximate surface area is 77.2 Å². The van der Waals surface area contributed by atoms with Crippen LogP contribution in [-0.4, -0.2) is 32.4 Å². The van der Waals surface area contributed by atoms with Crippen molar-refractivity contribution in [1.29, 1.82) is 0 Å². The number of halogens is 1. The molecule has 72 valence electrons. The molecule has 0 amide bonds. The van der Waals surface area contributed by atoms with Crippen LogP contribution in [0, 0.1) is 5.92 Å². The van der Waals surface area contributed by atoms with Gasteiger partial charge in [0.15, 0.2) is 0 Å². The molecule has 0 unspecified atom stereocenters. The van der Waals surface area contributed by atoms with Crippen molar-refractivity contribution >= 4 is 19.9 Å². The van der Waals surface area contributed by atoms with Crippen molar-refractivity contribution in [1.82, 2.24) is 4.31 Å². The first-order chi connectivity index (χ1) is 5.54. The molecule has 0 radical (unpaired) electrons. The van der Waals surface area contributed by atoms with Gasteiger partial charge in [-0.3, -0.25) is 0 Å². The topological polar surface area (TPSA) is 63.4 Å². The van der Waals surface area contributed by atoms with Crippen molar-refractivity contribution in [2.45, 2.75) is 12.8 Å². The SMILES string of the molecule is NCC1CCN(S(=O)(=O)Cl)CC1. The minimum Gasteiger partial charge on any atom is -0.330 e. The Hall–Kier alpha value is 0.160. The van der Waals surface area contributed by atoms with Gasteiger partial charge in [-0.05, 0) is 25.3 Å². The summed E-state index contributed by atoms with van der Waals surface area (Å²) in [6, 6.07) is 0. The third kappa shape index (κ3) is 2.58. The second kappa shape index (κ2) is 3.91. The second-order valence-electron chi connectivity index (χ2n) is 3.02. The molecule has 0 aromatic rings. The van der Waals surface area contributed by atoms with E-state index in [1.54, 1.807) is 0 Å². The van der Waals surface area contributed by atoms with Gasteiger partial charge in [0.2, 0.25) is 0 Å². The molecule has 0 saturated carbocycles. The first-order valence-electron chi connectivity index (χ1n) is 3.94. The predicted octanol–water partition coefficient (Wildman–Crippen LogP) is 0.141. The molecule has 0 aromatic heterocycles. The first kappa shape index (κ1) is 10.2. The van der Waals surface area contributed by atoms with Crippen molar-refractivity contribution in [2.75, 3.05) is 19.6 Å². The lowest BCUT2D eigenvalue weighted by Gasteiger charge is -2.28. The van der Waals surface area contributed by atoms with E-state index in [1.807, 2.05) is 0 Å². The van der Waals surface area contributed by atoms with E-state index in [1.165, 1.54) is 4.31 Å². The molecule has 1 heterocycles. The monoisotopic (exact) mass is 212 g/mol. The Morgan fingerprint density at radius 2 is 1.92 bits per heavy atom. The summed E-state index contributed by atoms with van der Waals surface area (Å²) in [6.07, 6.45) is 1.64. The third-order valence-corrected chi connectivity index (χ3v) is 3.78. The molecule has 2 N–H and O–H groups in total. The van der Waals surface area contributed by atoms with Crippen molar-refractivity contribution in [3.63, 3.8) is 0 Å². The van der Waals surface area contributed by atoms with E-state index >= 15 is 0 Å². The molecule has 1 aliphatic heterocycles. The van der Waals surface area contributed by atoms with Crippen LogP contribution in [0.1, 0.15) is 12.8 Å². The molecule has 0 spiro atoms. The molecule has 0 bridgehead atoms. The van der Waals surface area contributed by atoms with Crippen molar-refractivity contribution in [3.8, 4) is 0 Å². The van der Waals surface area contributed by atoms with Crippen LogP contribution < -0.4 is 5.73 Å². The smallest absolute Gasteiger partial charge is 0.299 e. The maximum absolute atomic E-state index is 10.8. The van der Waals surface area contributed by atoms with E-state index < -0.39 is 9.24 Å². The Kier molecular flexibility index (Phi) is 3.34. The molecule has 1 fully saturated rings. The molecule has 0 aromatic carbocycles. The van der Waals surface area contributed by atoms with E-state index in [4.69, 9.17) is 16.4 Å². The lowest BCUT2D eigenvalue weighted by atomic mass is 9.99. The van der Waals surface area contributed by atoms with Crippen LogP contribution in [0.25, 0.3) is 0 Å². The Morgan fingerprint density at radius 3 is 2.25 bits per heavy atom. The summed E-state index contributed by atoms with van der Waals surface area (Å²) < 4.78 is 23.0. The summed E-state index contributed by atoms with van der Waals surface area (Å²) >= 11 is 0. The highest BCUT2D eigenvalue weighted by Gasteiger charge is 2.25. The van der Waals surface area contributed by atoms with Gasteiger partial charge in [0.25, 0.3) is 9.24 Å². The largest absolute Gasteiger partial charge is 0.330 e. The molecule has 0 atom stereocenters. The van der Waals surface area contributed by atoms with E-state index in [0.29, 0.717) is 25.6 Å². The molecular weight excluding hydrogens is 200 g/mol. The maximum Gasteiger partial charge on any atom is 0.299 e. The zero-order valence-electron chi connectivity index (χ0n) is 6.74. The van der Waals surface area contributed by atoms with Crippen LogP contribution in [0.3, 0.4) is 0 Å². The van der Waals surface area contributed by atoms with E-state index in [0.717, 1.165) is 12.8 Å². The minimum atomic E-state index is -3.49. The fourth-order valence-electron chi connectivity index (χ4n) is 1.36. The normalized spacial score (nSPS) is 22.8. The Morgan fingerprint density at radius 1 is 1.42 bits per heavy atom. The third-order valence-electron chi connectivity index (χ3n) is 2.22. The lowest BCUT2D eigenvalue weighted by molar-refractivity contribution is 0.282. The lowest BCUT2D eigenvalue weighted by Crippen LogP contribution is -2.37. The van der Waals surface area contributed by atoms with Gasteiger partial charge in [-0.25, -0.2) is 0 Å². The predicted molar refractivity (Wildman–Crippen MR) is 48.1 cm³/mol. The average molecular weight is 213 g/mol. The van der Waals surface area contributed by atoms with Crippen LogP contribution in [0.5, 0.6) is 0 Å². The number of piperidine rings is 1. The average Bonchev–Trinajstić information content (AvgIpc) is 2.03. The number of hydrogen-bond acceptors (Lipinski definition) is 3. The molecular formula is C6H13ClN2O2S. The standard InChI is InChI=1S/C6H13ClN2O2S/c7-12(10,11)9-3-1-6(5-8)2-4-9/h6H,1-5,8H2. The van der Waals surface area contributed by atoms with Crippen LogP contribution in [0.2, 0.25) is 0 Å². The van der Waals surface area contributed by atoms with Crippen LogP contribution in [0.15, 0.2) is 0 Å². The summed E-state index contributed by atoms with van der Waals surface area (Å²) in [5, 5.41) is 0. The quantitative estimate of drug-likeness (QED) is 0.663. The molecule has 1 rings (SSSR count). The first-order valence-corrected chi connectivity index (χ1v) is 6.20. The Balaban J connectivity index is 2.47. The highest BCUT2D eigenvalue weighted by molar-refractivity contribution is 8.11. The zero-order valence-corrected chi connectivity index (χ0v) is 8.31. The van der Waals surface area contributed by atoms with Gasteiger partial charge in [0.1, 0.15) is 0 Å². The number of nitrogens with zero attached hydrogens (tertiary/aromatic N) is 1. The summed E-state index contributed by atoms with van der Waals surface area (Å²) in [7, 11) is 1.68. The number of nitrogens with two attached hydrogens (primary N) is 1. The fourth-order valence-corrected chi connectivity index (χ4v) is 2.42. The molecule has 6 heteroatoms. The van der Waals surface area contributed by atoms with Gasteiger partial charge in [0.05, 0.1) is 0 Å². The van der Waals surface area contributed by atoms with E-state index in [-0.39, 0.29) is 0 Å². The van der Waals surface area contributed by atoms with Crippen LogP contribution in [0.4, 0.5) is 0 Å².